The molecule has 1 amide bonds. The average Bonchev–Trinajstić information content (AvgIpc) is 3.37. The highest BCUT2D eigenvalue weighted by Gasteiger charge is 2.30. The van der Waals surface area contributed by atoms with Crippen molar-refractivity contribution < 1.29 is 9.53 Å². The number of carbonyl (C=O) groups is 1. The van der Waals surface area contributed by atoms with Crippen LogP contribution < -0.4 is 4.74 Å². The van der Waals surface area contributed by atoms with Gasteiger partial charge in [-0.15, -0.1) is 0 Å². The van der Waals surface area contributed by atoms with Gasteiger partial charge in [-0.2, -0.15) is 0 Å². The molecule has 3 aromatic rings. The van der Waals surface area contributed by atoms with Gasteiger partial charge in [-0.3, -0.25) is 4.79 Å². The van der Waals surface area contributed by atoms with E-state index in [1.54, 1.807) is 12.2 Å². The predicted molar refractivity (Wildman–Crippen MR) is 111 cm³/mol. The van der Waals surface area contributed by atoms with E-state index >= 15 is 0 Å². The van der Waals surface area contributed by atoms with Crippen molar-refractivity contribution in [2.45, 2.75) is 18.9 Å². The molecule has 1 saturated heterocycles. The Morgan fingerprint density at radius 2 is 2.07 bits per heavy atom. The largest absolute Gasteiger partial charge is 0.490 e. The highest BCUT2D eigenvalue weighted by molar-refractivity contribution is 5.92. The summed E-state index contributed by atoms with van der Waals surface area (Å²) in [6.45, 7) is 4.86. The minimum absolute atomic E-state index is 0.000714. The number of carbonyl (C=O) groups excluding carboxylic acids is 1. The lowest BCUT2D eigenvalue weighted by Crippen LogP contribution is -2.29. The lowest BCUT2D eigenvalue weighted by molar-refractivity contribution is -0.126. The van der Waals surface area contributed by atoms with Gasteiger partial charge in [-0.25, -0.2) is 4.98 Å². The van der Waals surface area contributed by atoms with Crippen LogP contribution in [-0.2, 0) is 4.79 Å². The monoisotopic (exact) mass is 373 g/mol. The number of nitrogens with zero attached hydrogens (tertiary/aromatic N) is 2. The van der Waals surface area contributed by atoms with Crippen molar-refractivity contribution in [2.75, 3.05) is 13.2 Å². The van der Waals surface area contributed by atoms with Gasteiger partial charge in [0.25, 0.3) is 0 Å². The third-order valence-electron chi connectivity index (χ3n) is 4.93. The highest BCUT2D eigenvalue weighted by atomic mass is 16.5. The van der Waals surface area contributed by atoms with Crippen molar-refractivity contribution in [2.24, 2.45) is 0 Å². The number of aromatic nitrogens is 2. The molecular formula is C23H23N3O2. The van der Waals surface area contributed by atoms with Gasteiger partial charge in [-0.05, 0) is 48.7 Å². The Labute approximate surface area is 164 Å². The van der Waals surface area contributed by atoms with Crippen molar-refractivity contribution in [1.82, 2.24) is 14.9 Å². The summed E-state index contributed by atoms with van der Waals surface area (Å²) in [5.41, 5.74) is 2.90. The molecule has 142 valence electrons. The van der Waals surface area contributed by atoms with E-state index in [9.17, 15) is 4.79 Å². The Bertz CT molecular complexity index is 971. The first-order valence-corrected chi connectivity index (χ1v) is 9.51. The number of imidazole rings is 1. The summed E-state index contributed by atoms with van der Waals surface area (Å²) in [5.74, 6) is 1.66. The summed E-state index contributed by atoms with van der Waals surface area (Å²) in [6.07, 6.45) is 7.10. The molecule has 4 rings (SSSR count). The van der Waals surface area contributed by atoms with Crippen LogP contribution in [0, 0.1) is 0 Å². The summed E-state index contributed by atoms with van der Waals surface area (Å²) in [5, 5.41) is 0. The van der Waals surface area contributed by atoms with Crippen molar-refractivity contribution in [3.05, 3.63) is 78.6 Å². The Hall–Kier alpha value is -3.34. The van der Waals surface area contributed by atoms with E-state index in [2.05, 4.69) is 16.5 Å². The first-order valence-electron chi connectivity index (χ1n) is 9.51. The highest BCUT2D eigenvalue weighted by Crippen LogP contribution is 2.31. The maximum absolute atomic E-state index is 12.8. The number of H-pyrrole nitrogens is 1. The summed E-state index contributed by atoms with van der Waals surface area (Å²) >= 11 is 0. The Morgan fingerprint density at radius 3 is 2.86 bits per heavy atom. The lowest BCUT2D eigenvalue weighted by atomic mass is 10.2. The van der Waals surface area contributed by atoms with Crippen molar-refractivity contribution >= 4 is 23.0 Å². The van der Waals surface area contributed by atoms with Crippen LogP contribution in [0.1, 0.15) is 30.3 Å². The maximum atomic E-state index is 12.8. The third kappa shape index (κ3) is 3.83. The van der Waals surface area contributed by atoms with E-state index in [0.29, 0.717) is 6.61 Å². The SMILES string of the molecule is C=CCOc1ccc(/C=C/C(=O)N2CCCC2c2nc3ccccc3[nH]2)cc1. The molecule has 1 fully saturated rings. The van der Waals surface area contributed by atoms with Crippen LogP contribution >= 0.6 is 0 Å². The molecule has 2 heterocycles. The van der Waals surface area contributed by atoms with Crippen LogP contribution in [0.4, 0.5) is 0 Å². The van der Waals surface area contributed by atoms with Gasteiger partial charge in [0.1, 0.15) is 18.2 Å². The van der Waals surface area contributed by atoms with Gasteiger partial charge < -0.3 is 14.6 Å². The van der Waals surface area contributed by atoms with Crippen LogP contribution in [0.2, 0.25) is 0 Å². The van der Waals surface area contributed by atoms with E-state index in [0.717, 1.165) is 47.6 Å². The zero-order chi connectivity index (χ0) is 19.3. The van der Waals surface area contributed by atoms with Gasteiger partial charge in [-0.1, -0.05) is 36.9 Å². The number of ether oxygens (including phenoxy) is 1. The van der Waals surface area contributed by atoms with Crippen LogP contribution in [0.5, 0.6) is 5.75 Å². The number of likely N-dealkylation sites (tertiary alicyclic amines) is 1. The maximum Gasteiger partial charge on any atom is 0.247 e. The van der Waals surface area contributed by atoms with Crippen LogP contribution in [-0.4, -0.2) is 33.9 Å². The molecule has 1 aliphatic rings. The molecule has 1 N–H and O–H groups in total. The first-order chi connectivity index (χ1) is 13.7. The van der Waals surface area contributed by atoms with E-state index in [1.807, 2.05) is 59.5 Å². The smallest absolute Gasteiger partial charge is 0.247 e. The average molecular weight is 373 g/mol. The number of para-hydroxylation sites is 2. The van der Waals surface area contributed by atoms with Crippen LogP contribution in [0.25, 0.3) is 17.1 Å². The van der Waals surface area contributed by atoms with Gasteiger partial charge >= 0.3 is 0 Å². The Balaban J connectivity index is 1.46. The molecule has 2 aromatic carbocycles. The quantitative estimate of drug-likeness (QED) is 0.511. The summed E-state index contributed by atoms with van der Waals surface area (Å²) in [7, 11) is 0. The van der Waals surface area contributed by atoms with Crippen LogP contribution in [0.3, 0.4) is 0 Å². The second kappa shape index (κ2) is 8.13. The number of nitrogens with one attached hydrogen (secondary N) is 1. The molecule has 1 unspecified atom stereocenters. The zero-order valence-corrected chi connectivity index (χ0v) is 15.7. The van der Waals surface area contributed by atoms with Gasteiger partial charge in [0.2, 0.25) is 5.91 Å². The molecule has 1 atom stereocenters. The number of benzene rings is 2. The fourth-order valence-corrected chi connectivity index (χ4v) is 3.54. The number of aromatic amines is 1. The normalized spacial score (nSPS) is 16.7. The van der Waals surface area contributed by atoms with Gasteiger partial charge in [0, 0.05) is 12.6 Å². The topological polar surface area (TPSA) is 58.2 Å². The number of rotatable bonds is 6. The molecule has 28 heavy (non-hydrogen) atoms. The van der Waals surface area contributed by atoms with Crippen LogP contribution in [0.15, 0.2) is 67.3 Å². The number of amides is 1. The zero-order valence-electron chi connectivity index (χ0n) is 15.7. The van der Waals surface area contributed by atoms with Gasteiger partial charge in [0.15, 0.2) is 0 Å². The second-order valence-electron chi connectivity index (χ2n) is 6.83. The molecule has 0 radical (unpaired) electrons. The number of fused-ring (bicyclic) bond motifs is 1. The molecule has 0 saturated carbocycles. The molecule has 0 spiro atoms. The number of hydrogen-bond donors (Lipinski definition) is 1. The molecular weight excluding hydrogens is 350 g/mol. The number of hydrogen-bond acceptors (Lipinski definition) is 3. The summed E-state index contributed by atoms with van der Waals surface area (Å²) in [4.78, 5) is 22.7. The molecule has 5 heteroatoms. The van der Waals surface area contributed by atoms with E-state index < -0.39 is 0 Å². The fourth-order valence-electron chi connectivity index (χ4n) is 3.54. The second-order valence-corrected chi connectivity index (χ2v) is 6.83. The summed E-state index contributed by atoms with van der Waals surface area (Å²) in [6, 6.07) is 15.6. The lowest BCUT2D eigenvalue weighted by Gasteiger charge is -2.21. The van der Waals surface area contributed by atoms with E-state index in [1.165, 1.54) is 0 Å². The van der Waals surface area contributed by atoms with Crippen molar-refractivity contribution in [3.63, 3.8) is 0 Å². The van der Waals surface area contributed by atoms with Gasteiger partial charge in [0.05, 0.1) is 17.1 Å². The Morgan fingerprint density at radius 1 is 1.25 bits per heavy atom. The fraction of sp³-hybridized carbons (Fsp3) is 0.217. The standard InChI is InChI=1S/C23H23N3O2/c1-2-16-28-18-12-9-17(10-13-18)11-14-22(27)26-15-5-8-21(26)23-24-19-6-3-4-7-20(19)25-23/h2-4,6-7,9-14,21H,1,5,8,15-16H2,(H,24,25)/b14-11+. The molecule has 0 bridgehead atoms. The summed E-state index contributed by atoms with van der Waals surface area (Å²) < 4.78 is 5.48. The van der Waals surface area contributed by atoms with E-state index in [4.69, 9.17) is 4.74 Å². The minimum atomic E-state index is -0.000714. The predicted octanol–water partition coefficient (Wildman–Crippen LogP) is 4.50. The third-order valence-corrected chi connectivity index (χ3v) is 4.93. The van der Waals surface area contributed by atoms with Crippen molar-refractivity contribution in [3.8, 4) is 5.75 Å². The van der Waals surface area contributed by atoms with E-state index in [-0.39, 0.29) is 11.9 Å². The van der Waals surface area contributed by atoms with Crippen molar-refractivity contribution in [1.29, 1.82) is 0 Å². The molecule has 1 aliphatic heterocycles. The molecule has 1 aromatic heterocycles. The molecule has 5 nitrogen and oxygen atoms in total. The minimum Gasteiger partial charge on any atom is -0.490 e. The Kier molecular flexibility index (Phi) is 5.24. The first kappa shape index (κ1) is 18.0. The molecule has 0 aliphatic carbocycles.